The van der Waals surface area contributed by atoms with Crippen LogP contribution >= 0.6 is 11.3 Å². The number of hydrogen-bond acceptors (Lipinski definition) is 6. The highest BCUT2D eigenvalue weighted by Crippen LogP contribution is 2.46. The molecule has 4 rings (SSSR count). The van der Waals surface area contributed by atoms with E-state index in [4.69, 9.17) is 9.47 Å². The van der Waals surface area contributed by atoms with Crippen LogP contribution in [0, 0.1) is 6.92 Å². The van der Waals surface area contributed by atoms with Gasteiger partial charge < -0.3 is 14.6 Å². The maximum atomic E-state index is 13.4. The minimum Gasteiger partial charge on any atom is -0.507 e. The summed E-state index contributed by atoms with van der Waals surface area (Å²) in [7, 11) is 2.80. The Balaban J connectivity index is 1.98. The molecule has 2 heterocycles. The third-order valence-electron chi connectivity index (χ3n) is 5.71. The molecule has 0 bridgehead atoms. The first-order chi connectivity index (χ1) is 16.6. The monoisotopic (exact) mass is 503 g/mol. The Labute approximate surface area is 202 Å². The van der Waals surface area contributed by atoms with Crippen LogP contribution in [0.4, 0.5) is 18.9 Å². The number of aliphatic hydroxyl groups excluding tert-OH is 1. The summed E-state index contributed by atoms with van der Waals surface area (Å²) in [5, 5.41) is 13.1. The number of carbonyl (C=O) groups excluding carboxylic acids is 2. The highest BCUT2D eigenvalue weighted by molar-refractivity contribution is 7.10. The molecule has 182 valence electrons. The number of hydrogen-bond donors (Lipinski definition) is 1. The van der Waals surface area contributed by atoms with E-state index in [1.807, 2.05) is 0 Å². The molecule has 1 aliphatic rings. The number of halogens is 3. The second-order valence-corrected chi connectivity index (χ2v) is 8.70. The van der Waals surface area contributed by atoms with Crippen molar-refractivity contribution in [3.63, 3.8) is 0 Å². The number of anilines is 1. The van der Waals surface area contributed by atoms with Crippen LogP contribution in [0.15, 0.2) is 59.5 Å². The molecular formula is C25H20F3NO5S. The van der Waals surface area contributed by atoms with E-state index in [1.54, 1.807) is 24.4 Å². The van der Waals surface area contributed by atoms with Crippen molar-refractivity contribution in [3.05, 3.63) is 81.1 Å². The van der Waals surface area contributed by atoms with E-state index in [2.05, 4.69) is 0 Å². The van der Waals surface area contributed by atoms with Crippen molar-refractivity contribution in [3.8, 4) is 11.5 Å². The molecule has 0 spiro atoms. The zero-order valence-electron chi connectivity index (χ0n) is 18.8. The van der Waals surface area contributed by atoms with E-state index in [0.717, 1.165) is 17.0 Å². The minimum atomic E-state index is -4.65. The second-order valence-electron chi connectivity index (χ2n) is 7.75. The molecule has 1 N–H and O–H groups in total. The SMILES string of the molecule is COc1ccc(OC)c(/C(O)=C2/C(=O)C(=O)N(c3cccc(C(F)(F)F)c3)C2c2sccc2C)c1. The van der Waals surface area contributed by atoms with E-state index in [0.29, 0.717) is 16.2 Å². The Hall–Kier alpha value is -3.79. The third kappa shape index (κ3) is 4.25. The predicted molar refractivity (Wildman–Crippen MR) is 125 cm³/mol. The van der Waals surface area contributed by atoms with Gasteiger partial charge in [0, 0.05) is 10.6 Å². The standard InChI is InChI=1S/C25H20F3NO5S/c1-13-9-10-35-23(13)20-19(21(30)17-12-16(33-2)7-8-18(17)34-3)22(31)24(32)29(20)15-6-4-5-14(11-15)25(26,27)28/h4-12,20,30H,1-3H3/b21-19-. The molecule has 1 unspecified atom stereocenters. The Morgan fingerprint density at radius 3 is 2.40 bits per heavy atom. The van der Waals surface area contributed by atoms with Crippen molar-refractivity contribution < 1.29 is 37.3 Å². The maximum absolute atomic E-state index is 13.4. The van der Waals surface area contributed by atoms with Gasteiger partial charge in [-0.2, -0.15) is 13.2 Å². The molecule has 0 radical (unpaired) electrons. The highest BCUT2D eigenvalue weighted by atomic mass is 32.1. The van der Waals surface area contributed by atoms with Crippen LogP contribution in [-0.4, -0.2) is 31.0 Å². The van der Waals surface area contributed by atoms with Crippen LogP contribution in [0.3, 0.4) is 0 Å². The van der Waals surface area contributed by atoms with Crippen LogP contribution in [-0.2, 0) is 15.8 Å². The minimum absolute atomic E-state index is 0.105. The molecule has 0 saturated carbocycles. The first-order valence-corrected chi connectivity index (χ1v) is 11.2. The number of amides is 1. The molecule has 1 fully saturated rings. The lowest BCUT2D eigenvalue weighted by atomic mass is 9.97. The van der Waals surface area contributed by atoms with Gasteiger partial charge in [0.25, 0.3) is 11.7 Å². The first kappa shape index (κ1) is 24.3. The van der Waals surface area contributed by atoms with Gasteiger partial charge in [0.2, 0.25) is 0 Å². The Morgan fingerprint density at radius 2 is 1.80 bits per heavy atom. The van der Waals surface area contributed by atoms with Gasteiger partial charge >= 0.3 is 6.18 Å². The van der Waals surface area contributed by atoms with Crippen molar-refractivity contribution in [1.82, 2.24) is 0 Å². The van der Waals surface area contributed by atoms with E-state index < -0.39 is 35.2 Å². The molecular weight excluding hydrogens is 483 g/mol. The normalized spacial score (nSPS) is 17.7. The molecule has 1 atom stereocenters. The van der Waals surface area contributed by atoms with E-state index in [1.165, 1.54) is 49.8 Å². The highest BCUT2D eigenvalue weighted by Gasteiger charge is 2.48. The van der Waals surface area contributed by atoms with Crippen molar-refractivity contribution in [2.24, 2.45) is 0 Å². The number of thiophene rings is 1. The van der Waals surface area contributed by atoms with Gasteiger partial charge in [-0.15, -0.1) is 11.3 Å². The van der Waals surface area contributed by atoms with Crippen LogP contribution in [0.2, 0.25) is 0 Å². The fourth-order valence-corrected chi connectivity index (χ4v) is 5.01. The number of aliphatic hydroxyl groups is 1. The number of ether oxygens (including phenoxy) is 2. The number of rotatable bonds is 5. The number of ketones is 1. The molecule has 1 amide bonds. The Morgan fingerprint density at radius 1 is 1.06 bits per heavy atom. The van der Waals surface area contributed by atoms with Crippen LogP contribution in [0.5, 0.6) is 11.5 Å². The van der Waals surface area contributed by atoms with Gasteiger partial charge in [0.15, 0.2) is 0 Å². The number of alkyl halides is 3. The summed E-state index contributed by atoms with van der Waals surface area (Å²) in [6.07, 6.45) is -4.65. The summed E-state index contributed by atoms with van der Waals surface area (Å²) >= 11 is 1.22. The van der Waals surface area contributed by atoms with Crippen LogP contribution < -0.4 is 14.4 Å². The Bertz CT molecular complexity index is 1340. The van der Waals surface area contributed by atoms with Gasteiger partial charge in [0.05, 0.1) is 30.9 Å². The molecule has 0 aliphatic carbocycles. The van der Waals surface area contributed by atoms with Gasteiger partial charge in [-0.25, -0.2) is 0 Å². The number of methoxy groups -OCH3 is 2. The summed E-state index contributed by atoms with van der Waals surface area (Å²) in [6, 6.07) is 9.38. The molecule has 1 aliphatic heterocycles. The molecule has 1 aromatic heterocycles. The number of benzene rings is 2. The number of Topliss-reactive ketones (excluding diaryl/α,β-unsaturated/α-hetero) is 1. The average Bonchev–Trinajstić information content (AvgIpc) is 3.37. The zero-order valence-corrected chi connectivity index (χ0v) is 19.7. The molecule has 1 saturated heterocycles. The molecule has 10 heteroatoms. The van der Waals surface area contributed by atoms with E-state index in [-0.39, 0.29) is 22.6 Å². The summed E-state index contributed by atoms with van der Waals surface area (Å²) in [4.78, 5) is 28.0. The quantitative estimate of drug-likeness (QED) is 0.274. The summed E-state index contributed by atoms with van der Waals surface area (Å²) in [5.41, 5.74) is -0.524. The Kier molecular flexibility index (Phi) is 6.33. The summed E-state index contributed by atoms with van der Waals surface area (Å²) < 4.78 is 50.7. The van der Waals surface area contributed by atoms with Gasteiger partial charge in [-0.05, 0) is 60.3 Å². The van der Waals surface area contributed by atoms with Crippen molar-refractivity contribution >= 4 is 34.5 Å². The van der Waals surface area contributed by atoms with Gasteiger partial charge in [-0.1, -0.05) is 6.07 Å². The average molecular weight is 503 g/mol. The van der Waals surface area contributed by atoms with Crippen molar-refractivity contribution in [1.29, 1.82) is 0 Å². The number of aryl methyl sites for hydroxylation is 1. The maximum Gasteiger partial charge on any atom is 0.416 e. The smallest absolute Gasteiger partial charge is 0.416 e. The summed E-state index contributed by atoms with van der Waals surface area (Å²) in [6.45, 7) is 1.75. The van der Waals surface area contributed by atoms with Crippen molar-refractivity contribution in [2.45, 2.75) is 19.1 Å². The molecule has 6 nitrogen and oxygen atoms in total. The topological polar surface area (TPSA) is 76.1 Å². The second kappa shape index (κ2) is 9.10. The fraction of sp³-hybridized carbons (Fsp3) is 0.200. The zero-order chi connectivity index (χ0) is 25.5. The lowest BCUT2D eigenvalue weighted by Gasteiger charge is -2.25. The lowest BCUT2D eigenvalue weighted by Crippen LogP contribution is -2.29. The molecule has 2 aromatic carbocycles. The lowest BCUT2D eigenvalue weighted by molar-refractivity contribution is -0.137. The van der Waals surface area contributed by atoms with Gasteiger partial charge in [0.1, 0.15) is 23.3 Å². The largest absolute Gasteiger partial charge is 0.507 e. The number of nitrogens with zero attached hydrogens (tertiary/aromatic N) is 1. The van der Waals surface area contributed by atoms with Crippen LogP contribution in [0.1, 0.15) is 27.6 Å². The molecule has 3 aromatic rings. The fourth-order valence-electron chi connectivity index (χ4n) is 3.99. The van der Waals surface area contributed by atoms with E-state index in [9.17, 15) is 27.9 Å². The summed E-state index contributed by atoms with van der Waals surface area (Å²) in [5.74, 6) is -2.02. The number of carbonyl (C=O) groups is 2. The third-order valence-corrected chi connectivity index (χ3v) is 6.78. The van der Waals surface area contributed by atoms with Crippen LogP contribution in [0.25, 0.3) is 5.76 Å². The van der Waals surface area contributed by atoms with E-state index >= 15 is 0 Å². The van der Waals surface area contributed by atoms with Crippen molar-refractivity contribution in [2.75, 3.05) is 19.1 Å². The predicted octanol–water partition coefficient (Wildman–Crippen LogP) is 5.72. The van der Waals surface area contributed by atoms with Gasteiger partial charge in [-0.3, -0.25) is 14.5 Å². The molecule has 35 heavy (non-hydrogen) atoms. The first-order valence-electron chi connectivity index (χ1n) is 10.3.